The molecule has 12 heavy (non-hydrogen) atoms. The Bertz CT molecular complexity index is 266. The van der Waals surface area contributed by atoms with E-state index in [1.54, 1.807) is 11.8 Å². The molecule has 1 aromatic rings. The fourth-order valence-electron chi connectivity index (χ4n) is 0.789. The molecule has 0 unspecified atom stereocenters. The molecule has 3 heteroatoms. The van der Waals surface area contributed by atoms with E-state index >= 15 is 0 Å². The Kier molecular flexibility index (Phi) is 3.56. The van der Waals surface area contributed by atoms with E-state index in [0.29, 0.717) is 4.99 Å². The second kappa shape index (κ2) is 4.48. The van der Waals surface area contributed by atoms with E-state index in [-0.39, 0.29) is 0 Å². The highest BCUT2D eigenvalue weighted by Gasteiger charge is 1.93. The molecule has 0 aliphatic rings. The Hall–Kier alpha value is -0.540. The monoisotopic (exact) mass is 197 g/mol. The molecule has 1 aromatic carbocycles. The van der Waals surface area contributed by atoms with E-state index in [9.17, 15) is 0 Å². The molecule has 0 saturated carbocycles. The molecule has 0 fully saturated rings. The number of hydrogen-bond acceptors (Lipinski definition) is 2. The average Bonchev–Trinajstić information content (AvgIpc) is 2.03. The largest absolute Gasteiger partial charge is 0.393 e. The van der Waals surface area contributed by atoms with Crippen molar-refractivity contribution in [1.82, 2.24) is 0 Å². The van der Waals surface area contributed by atoms with Crippen LogP contribution in [0.2, 0.25) is 0 Å². The molecule has 2 N–H and O–H groups in total. The summed E-state index contributed by atoms with van der Waals surface area (Å²) in [4.78, 5) is 1.77. The molecule has 0 bridgehead atoms. The molecular formula is C9H11NS2. The van der Waals surface area contributed by atoms with Crippen LogP contribution >= 0.6 is 24.0 Å². The Labute approximate surface area is 82.3 Å². The number of thiocarbonyl (C=S) groups is 1. The van der Waals surface area contributed by atoms with Crippen molar-refractivity contribution in [1.29, 1.82) is 0 Å². The van der Waals surface area contributed by atoms with Crippen molar-refractivity contribution < 1.29 is 0 Å². The van der Waals surface area contributed by atoms with Gasteiger partial charge in [-0.05, 0) is 19.1 Å². The third-order valence-corrected chi connectivity index (χ3v) is 2.79. The lowest BCUT2D eigenvalue weighted by Crippen LogP contribution is -2.09. The minimum atomic E-state index is 0.556. The first kappa shape index (κ1) is 9.55. The Morgan fingerprint density at radius 2 is 2.00 bits per heavy atom. The standard InChI is InChI=1S/C9H11NS2/c1-7-2-4-8(5-3-7)12-6-9(10)11/h2-5H,6H2,1H3,(H2,10,11). The molecule has 1 nitrogen and oxygen atoms in total. The molecule has 0 saturated heterocycles. The third kappa shape index (κ3) is 3.24. The summed E-state index contributed by atoms with van der Waals surface area (Å²) in [6.45, 7) is 2.07. The van der Waals surface area contributed by atoms with Gasteiger partial charge < -0.3 is 5.73 Å². The van der Waals surface area contributed by atoms with Gasteiger partial charge in [-0.15, -0.1) is 11.8 Å². The highest BCUT2D eigenvalue weighted by atomic mass is 32.2. The third-order valence-electron chi connectivity index (χ3n) is 1.40. The van der Waals surface area contributed by atoms with E-state index in [4.69, 9.17) is 18.0 Å². The van der Waals surface area contributed by atoms with Crippen LogP contribution in [0.5, 0.6) is 0 Å². The van der Waals surface area contributed by atoms with Crippen LogP contribution in [0.15, 0.2) is 29.2 Å². The highest BCUT2D eigenvalue weighted by molar-refractivity contribution is 8.01. The van der Waals surface area contributed by atoms with Gasteiger partial charge in [0.2, 0.25) is 0 Å². The van der Waals surface area contributed by atoms with Gasteiger partial charge in [0.15, 0.2) is 0 Å². The van der Waals surface area contributed by atoms with Crippen LogP contribution < -0.4 is 5.73 Å². The normalized spacial score (nSPS) is 9.75. The summed E-state index contributed by atoms with van der Waals surface area (Å²) in [5, 5.41) is 0. The maximum absolute atomic E-state index is 5.38. The maximum Gasteiger partial charge on any atom is 0.0831 e. The van der Waals surface area contributed by atoms with Crippen molar-refractivity contribution in [3.8, 4) is 0 Å². The lowest BCUT2D eigenvalue weighted by molar-refractivity contribution is 1.38. The Morgan fingerprint density at radius 3 is 2.50 bits per heavy atom. The zero-order chi connectivity index (χ0) is 8.97. The first-order chi connectivity index (χ1) is 5.68. The smallest absolute Gasteiger partial charge is 0.0831 e. The minimum Gasteiger partial charge on any atom is -0.393 e. The number of nitrogens with two attached hydrogens (primary N) is 1. The lowest BCUT2D eigenvalue weighted by atomic mass is 10.2. The summed E-state index contributed by atoms with van der Waals surface area (Å²) in [6.07, 6.45) is 0. The first-order valence-electron chi connectivity index (χ1n) is 3.66. The van der Waals surface area contributed by atoms with E-state index in [1.807, 2.05) is 0 Å². The van der Waals surface area contributed by atoms with Crippen LogP contribution in [0.1, 0.15) is 5.56 Å². The van der Waals surface area contributed by atoms with E-state index in [0.717, 1.165) is 5.75 Å². The average molecular weight is 197 g/mol. The molecule has 1 rings (SSSR count). The second-order valence-corrected chi connectivity index (χ2v) is 4.14. The SMILES string of the molecule is Cc1ccc(SCC(N)=S)cc1. The van der Waals surface area contributed by atoms with Gasteiger partial charge >= 0.3 is 0 Å². The lowest BCUT2D eigenvalue weighted by Gasteiger charge is -1.99. The predicted molar refractivity (Wildman–Crippen MR) is 58.7 cm³/mol. The van der Waals surface area contributed by atoms with Crippen molar-refractivity contribution in [2.75, 3.05) is 5.75 Å². The van der Waals surface area contributed by atoms with Gasteiger partial charge in [-0.2, -0.15) is 0 Å². The first-order valence-corrected chi connectivity index (χ1v) is 5.05. The Morgan fingerprint density at radius 1 is 1.42 bits per heavy atom. The number of thioether (sulfide) groups is 1. The fourth-order valence-corrected chi connectivity index (χ4v) is 1.60. The zero-order valence-electron chi connectivity index (χ0n) is 6.91. The van der Waals surface area contributed by atoms with Crippen molar-refractivity contribution in [2.45, 2.75) is 11.8 Å². The Balaban J connectivity index is 2.53. The van der Waals surface area contributed by atoms with E-state index < -0.39 is 0 Å². The maximum atomic E-state index is 5.38. The van der Waals surface area contributed by atoms with Crippen LogP contribution in [0.25, 0.3) is 0 Å². The zero-order valence-corrected chi connectivity index (χ0v) is 8.54. The second-order valence-electron chi connectivity index (χ2n) is 2.57. The molecule has 0 aromatic heterocycles. The minimum absolute atomic E-state index is 0.556. The van der Waals surface area contributed by atoms with Gasteiger partial charge in [-0.25, -0.2) is 0 Å². The van der Waals surface area contributed by atoms with Crippen molar-refractivity contribution in [3.63, 3.8) is 0 Å². The molecule has 0 aliphatic carbocycles. The molecular weight excluding hydrogens is 186 g/mol. The number of hydrogen-bond donors (Lipinski definition) is 1. The summed E-state index contributed by atoms with van der Waals surface area (Å²) in [5.41, 5.74) is 6.65. The molecule has 0 radical (unpaired) electrons. The van der Waals surface area contributed by atoms with Gasteiger partial charge in [0.25, 0.3) is 0 Å². The van der Waals surface area contributed by atoms with Gasteiger partial charge in [0.1, 0.15) is 0 Å². The van der Waals surface area contributed by atoms with E-state index in [1.165, 1.54) is 10.5 Å². The topological polar surface area (TPSA) is 26.0 Å². The summed E-state index contributed by atoms with van der Waals surface area (Å²) in [5.74, 6) is 0.721. The van der Waals surface area contributed by atoms with Crippen molar-refractivity contribution in [2.24, 2.45) is 5.73 Å². The summed E-state index contributed by atoms with van der Waals surface area (Å²) in [6, 6.07) is 8.33. The van der Waals surface area contributed by atoms with Crippen LogP contribution in [-0.2, 0) is 0 Å². The molecule has 0 atom stereocenters. The van der Waals surface area contributed by atoms with Gasteiger partial charge in [-0.1, -0.05) is 29.9 Å². The van der Waals surface area contributed by atoms with Gasteiger partial charge in [0.05, 0.1) is 4.99 Å². The van der Waals surface area contributed by atoms with Crippen LogP contribution in [0.3, 0.4) is 0 Å². The molecule has 64 valence electrons. The van der Waals surface area contributed by atoms with E-state index in [2.05, 4.69) is 31.2 Å². The fraction of sp³-hybridized carbons (Fsp3) is 0.222. The highest BCUT2D eigenvalue weighted by Crippen LogP contribution is 2.17. The molecule has 0 spiro atoms. The van der Waals surface area contributed by atoms with Crippen LogP contribution in [0.4, 0.5) is 0 Å². The molecule has 0 heterocycles. The van der Waals surface area contributed by atoms with Crippen LogP contribution in [-0.4, -0.2) is 10.7 Å². The van der Waals surface area contributed by atoms with Gasteiger partial charge in [-0.3, -0.25) is 0 Å². The number of rotatable bonds is 3. The number of benzene rings is 1. The quantitative estimate of drug-likeness (QED) is 0.595. The summed E-state index contributed by atoms with van der Waals surface area (Å²) >= 11 is 6.45. The van der Waals surface area contributed by atoms with Crippen LogP contribution in [0, 0.1) is 6.92 Å². The molecule has 0 aliphatic heterocycles. The van der Waals surface area contributed by atoms with Gasteiger partial charge in [0, 0.05) is 10.6 Å². The summed E-state index contributed by atoms with van der Waals surface area (Å²) < 4.78 is 0. The predicted octanol–water partition coefficient (Wildman–Crippen LogP) is 2.37. The number of aryl methyl sites for hydroxylation is 1. The molecule has 0 amide bonds. The van der Waals surface area contributed by atoms with Crippen molar-refractivity contribution >= 4 is 29.0 Å². The van der Waals surface area contributed by atoms with Crippen molar-refractivity contribution in [3.05, 3.63) is 29.8 Å². The summed E-state index contributed by atoms with van der Waals surface area (Å²) in [7, 11) is 0.